The van der Waals surface area contributed by atoms with Gasteiger partial charge < -0.3 is 19.6 Å². The van der Waals surface area contributed by atoms with Crippen molar-refractivity contribution in [2.24, 2.45) is 5.41 Å². The molecule has 4 aromatic rings. The summed E-state index contributed by atoms with van der Waals surface area (Å²) in [7, 11) is 0. The number of ether oxygens (including phenoxy) is 1. The number of hydrogen-bond donors (Lipinski definition) is 2. The highest BCUT2D eigenvalue weighted by molar-refractivity contribution is 7.13. The second-order valence-corrected chi connectivity index (χ2v) is 14.2. The highest BCUT2D eigenvalue weighted by Gasteiger charge is 2.39. The molecule has 2 aliphatic heterocycles. The molecule has 3 aromatic carbocycles. The average molecular weight is 672 g/mol. The van der Waals surface area contributed by atoms with Gasteiger partial charge in [0.25, 0.3) is 11.8 Å². The lowest BCUT2D eigenvalue weighted by Crippen LogP contribution is -2.49. The molecule has 1 atom stereocenters. The molecule has 3 heterocycles. The van der Waals surface area contributed by atoms with Crippen molar-refractivity contribution in [2.75, 3.05) is 56.2 Å². The first-order valence-electron chi connectivity index (χ1n) is 16.4. The number of amides is 2. The summed E-state index contributed by atoms with van der Waals surface area (Å²) in [5, 5.41) is 15.4. The van der Waals surface area contributed by atoms with Crippen LogP contribution >= 0.6 is 11.3 Å². The maximum Gasteiger partial charge on any atom is 0.255 e. The number of aromatic hydroxyl groups is 1. The molecule has 0 bridgehead atoms. The van der Waals surface area contributed by atoms with E-state index >= 15 is 0 Å². The number of nitrogens with zero attached hydrogens (tertiary/aromatic N) is 4. The quantitative estimate of drug-likeness (QED) is 0.165. The van der Waals surface area contributed by atoms with Crippen LogP contribution in [0.1, 0.15) is 54.7 Å². The van der Waals surface area contributed by atoms with Crippen molar-refractivity contribution < 1.29 is 23.8 Å². The van der Waals surface area contributed by atoms with Crippen LogP contribution in [0.3, 0.4) is 0 Å². The maximum absolute atomic E-state index is 14.3. The fourth-order valence-corrected chi connectivity index (χ4v) is 7.07. The van der Waals surface area contributed by atoms with Crippen molar-refractivity contribution in [3.8, 4) is 16.9 Å². The number of rotatable bonds is 12. The lowest BCUT2D eigenvalue weighted by Gasteiger charge is -2.39. The van der Waals surface area contributed by atoms with E-state index in [1.165, 1.54) is 22.3 Å². The Hall–Kier alpha value is -4.32. The summed E-state index contributed by atoms with van der Waals surface area (Å²) in [6.45, 7) is 13.3. The number of thiazole rings is 1. The fourth-order valence-electron chi connectivity index (χ4n) is 6.54. The Morgan fingerprint density at radius 1 is 1.06 bits per heavy atom. The summed E-state index contributed by atoms with van der Waals surface area (Å²) < 4.78 is 20.2. The van der Waals surface area contributed by atoms with Crippen molar-refractivity contribution >= 4 is 34.0 Å². The fraction of sp³-hybridized carbons (Fsp3) is 0.378. The van der Waals surface area contributed by atoms with Gasteiger partial charge in [-0.05, 0) is 59.5 Å². The van der Waals surface area contributed by atoms with Crippen LogP contribution in [0.15, 0.2) is 72.2 Å². The molecule has 1 fully saturated rings. The molecule has 2 amide bonds. The first kappa shape index (κ1) is 33.6. The summed E-state index contributed by atoms with van der Waals surface area (Å²) in [5.41, 5.74) is 4.36. The van der Waals surface area contributed by atoms with Gasteiger partial charge in [-0.1, -0.05) is 45.0 Å². The van der Waals surface area contributed by atoms with E-state index in [4.69, 9.17) is 4.74 Å². The molecule has 0 spiro atoms. The van der Waals surface area contributed by atoms with Crippen LogP contribution in [0, 0.1) is 11.2 Å². The molecular formula is C37H42FN5O4S. The van der Waals surface area contributed by atoms with E-state index < -0.39 is 17.8 Å². The number of phenolic OH excluding ortho intramolecular Hbond substituents is 1. The number of fused-ring (bicyclic) bond motifs is 1. The Morgan fingerprint density at radius 3 is 2.52 bits per heavy atom. The number of carbonyl (C=O) groups excluding carboxylic acids is 2. The van der Waals surface area contributed by atoms with E-state index in [9.17, 15) is 19.1 Å². The van der Waals surface area contributed by atoms with E-state index in [1.54, 1.807) is 11.6 Å². The van der Waals surface area contributed by atoms with Crippen molar-refractivity contribution in [3.63, 3.8) is 0 Å². The van der Waals surface area contributed by atoms with Crippen LogP contribution in [-0.2, 0) is 16.1 Å². The van der Waals surface area contributed by atoms with E-state index in [-0.39, 0.29) is 29.2 Å². The summed E-state index contributed by atoms with van der Waals surface area (Å²) in [5.74, 6) is -1.86. The zero-order valence-corrected chi connectivity index (χ0v) is 28.4. The number of piperazine rings is 1. The molecule has 1 unspecified atom stereocenters. The molecule has 0 aliphatic carbocycles. The lowest BCUT2D eigenvalue weighted by atomic mass is 9.93. The monoisotopic (exact) mass is 671 g/mol. The van der Waals surface area contributed by atoms with E-state index in [0.29, 0.717) is 10.7 Å². The molecule has 1 saturated heterocycles. The van der Waals surface area contributed by atoms with Crippen LogP contribution in [0.2, 0.25) is 0 Å². The Morgan fingerprint density at radius 2 is 1.81 bits per heavy atom. The predicted octanol–water partition coefficient (Wildman–Crippen LogP) is 6.57. The Labute approximate surface area is 285 Å². The van der Waals surface area contributed by atoms with Gasteiger partial charge in [0, 0.05) is 79.7 Å². The second-order valence-electron chi connectivity index (χ2n) is 13.3. The molecule has 11 heteroatoms. The first-order chi connectivity index (χ1) is 23.1. The topological polar surface area (TPSA) is 98.2 Å². The minimum absolute atomic E-state index is 0.00607. The van der Waals surface area contributed by atoms with E-state index in [1.807, 2.05) is 18.2 Å². The molecule has 0 radical (unpaired) electrons. The molecule has 2 aliphatic rings. The van der Waals surface area contributed by atoms with Gasteiger partial charge in [-0.15, -0.1) is 11.3 Å². The normalized spacial score (nSPS) is 15.9. The first-order valence-corrected chi connectivity index (χ1v) is 17.3. The number of hydrogen-bond acceptors (Lipinski definition) is 8. The maximum atomic E-state index is 14.3. The van der Waals surface area contributed by atoms with Gasteiger partial charge >= 0.3 is 0 Å². The Balaban J connectivity index is 1.14. The number of nitrogens with one attached hydrogen (secondary N) is 1. The zero-order valence-electron chi connectivity index (χ0n) is 27.6. The van der Waals surface area contributed by atoms with Gasteiger partial charge in [0.15, 0.2) is 5.13 Å². The minimum Gasteiger partial charge on any atom is -0.508 e. The van der Waals surface area contributed by atoms with Crippen molar-refractivity contribution in [2.45, 2.75) is 39.8 Å². The number of anilines is 2. The predicted molar refractivity (Wildman–Crippen MR) is 187 cm³/mol. The third-order valence-electron chi connectivity index (χ3n) is 8.88. The van der Waals surface area contributed by atoms with Gasteiger partial charge in [0.1, 0.15) is 17.6 Å². The number of benzene rings is 3. The molecule has 0 saturated carbocycles. The van der Waals surface area contributed by atoms with E-state index in [0.717, 1.165) is 86.9 Å². The largest absolute Gasteiger partial charge is 0.508 e. The van der Waals surface area contributed by atoms with Crippen LogP contribution in [0.5, 0.6) is 5.75 Å². The third kappa shape index (κ3) is 7.53. The summed E-state index contributed by atoms with van der Waals surface area (Å²) in [6, 6.07) is 16.2. The van der Waals surface area contributed by atoms with Crippen LogP contribution < -0.4 is 10.2 Å². The number of halogens is 1. The molecule has 48 heavy (non-hydrogen) atoms. The average Bonchev–Trinajstić information content (AvgIpc) is 3.70. The summed E-state index contributed by atoms with van der Waals surface area (Å²) in [6.07, 6.45) is 2.59. The molecular weight excluding hydrogens is 630 g/mol. The van der Waals surface area contributed by atoms with Crippen LogP contribution in [0.25, 0.3) is 11.1 Å². The lowest BCUT2D eigenvalue weighted by molar-refractivity contribution is -0.120. The highest BCUT2D eigenvalue weighted by Crippen LogP contribution is 2.38. The summed E-state index contributed by atoms with van der Waals surface area (Å²) in [4.78, 5) is 37.8. The van der Waals surface area contributed by atoms with Gasteiger partial charge in [-0.3, -0.25) is 19.8 Å². The standard InChI is InChI=1S/C37H42FN5O4S/c1-4-18-47-24-37(2,3)23-41-14-16-42(17-15-41)29-10-7-25(8-11-29)26-5-6-27-22-43(35(46)30(27)20-26)33(31-21-28(38)9-12-32(31)44)34(45)40-36-39-13-19-48-36/h5-13,19-21,33,44H,4,14-18,22-24H2,1-3H3,(H,39,40,45). The Bertz CT molecular complexity index is 1740. The van der Waals surface area contributed by atoms with Crippen LogP contribution in [0.4, 0.5) is 15.2 Å². The zero-order chi connectivity index (χ0) is 33.8. The molecule has 1 aromatic heterocycles. The number of aromatic nitrogens is 1. The smallest absolute Gasteiger partial charge is 0.255 e. The highest BCUT2D eigenvalue weighted by atomic mass is 32.1. The van der Waals surface area contributed by atoms with E-state index in [2.05, 4.69) is 65.1 Å². The van der Waals surface area contributed by atoms with Gasteiger partial charge in [0.2, 0.25) is 0 Å². The number of phenols is 1. The van der Waals surface area contributed by atoms with Gasteiger partial charge in [-0.25, -0.2) is 9.37 Å². The van der Waals surface area contributed by atoms with Gasteiger partial charge in [0.05, 0.1) is 6.61 Å². The molecule has 252 valence electrons. The van der Waals surface area contributed by atoms with Crippen molar-refractivity contribution in [1.82, 2.24) is 14.8 Å². The van der Waals surface area contributed by atoms with Crippen molar-refractivity contribution in [3.05, 3.63) is 94.7 Å². The summed E-state index contributed by atoms with van der Waals surface area (Å²) >= 11 is 1.22. The molecule has 6 rings (SSSR count). The molecule has 2 N–H and O–H groups in total. The molecule has 9 nitrogen and oxygen atoms in total. The number of carbonyl (C=O) groups is 2. The second kappa shape index (κ2) is 14.4. The van der Waals surface area contributed by atoms with Gasteiger partial charge in [-0.2, -0.15) is 0 Å². The SMILES string of the molecule is CCCOCC(C)(C)CN1CCN(c2ccc(-c3ccc4c(c3)C(=O)N(C(C(=O)Nc3nccs3)c3cc(F)ccc3O)C4)cc2)CC1. The Kier molecular flexibility index (Phi) is 10.1. The minimum atomic E-state index is -1.27. The third-order valence-corrected chi connectivity index (χ3v) is 9.57. The van der Waals surface area contributed by atoms with Crippen LogP contribution in [-0.4, -0.2) is 77.6 Å². The van der Waals surface area contributed by atoms with Crippen molar-refractivity contribution in [1.29, 1.82) is 0 Å².